The summed E-state index contributed by atoms with van der Waals surface area (Å²) in [5, 5.41) is 15.5. The van der Waals surface area contributed by atoms with Crippen molar-refractivity contribution in [1.29, 1.82) is 0 Å². The van der Waals surface area contributed by atoms with Gasteiger partial charge in [0.25, 0.3) is 11.8 Å². The molecule has 4 heterocycles. The molecule has 6 aliphatic rings. The molecule has 6 amide bonds. The molecule has 4 fully saturated rings. The first kappa shape index (κ1) is 43.8. The number of fused-ring (bicyclic) bond motifs is 4. The van der Waals surface area contributed by atoms with E-state index in [0.717, 1.165) is 56.1 Å². The lowest BCUT2D eigenvalue weighted by Crippen LogP contribution is -2.60. The van der Waals surface area contributed by atoms with Gasteiger partial charge in [0.15, 0.2) is 0 Å². The molecule has 66 heavy (non-hydrogen) atoms. The van der Waals surface area contributed by atoms with E-state index < -0.39 is 46.6 Å². The number of anilines is 2. The van der Waals surface area contributed by atoms with E-state index in [1.165, 1.54) is 11.0 Å². The van der Waals surface area contributed by atoms with Crippen LogP contribution in [0.15, 0.2) is 78.9 Å². The van der Waals surface area contributed by atoms with Gasteiger partial charge in [-0.1, -0.05) is 78.6 Å². The maximum absolute atomic E-state index is 16.3. The number of imide groups is 1. The summed E-state index contributed by atoms with van der Waals surface area (Å²) in [4.78, 5) is 81.7. The molecule has 338 valence electrons. The van der Waals surface area contributed by atoms with Crippen LogP contribution in [0.2, 0.25) is 10.0 Å². The number of carbonyl (C=O) groups excluding carboxylic acids is 6. The highest BCUT2D eigenvalue weighted by Crippen LogP contribution is 2.63. The molecule has 2 spiro atoms. The highest BCUT2D eigenvalue weighted by Gasteiger charge is 2.72. The Kier molecular flexibility index (Phi) is 11.5. The van der Waals surface area contributed by atoms with Gasteiger partial charge in [0.05, 0.1) is 11.1 Å². The van der Waals surface area contributed by atoms with Crippen molar-refractivity contribution in [2.24, 2.45) is 5.92 Å². The number of nitrogens with one attached hydrogen (secondary N) is 5. The quantitative estimate of drug-likeness (QED) is 0.0986. The second-order valence-corrected chi connectivity index (χ2v) is 19.3. The maximum atomic E-state index is 16.3. The van der Waals surface area contributed by atoms with Crippen LogP contribution in [0.3, 0.4) is 0 Å². The largest absolute Gasteiger partial charge is 0.349 e. The Labute approximate surface area is 391 Å². The minimum Gasteiger partial charge on any atom is -0.349 e. The van der Waals surface area contributed by atoms with Crippen molar-refractivity contribution in [2.45, 2.75) is 112 Å². The van der Waals surface area contributed by atoms with E-state index >= 15 is 4.39 Å². The van der Waals surface area contributed by atoms with Crippen molar-refractivity contribution < 1.29 is 33.2 Å². The Balaban J connectivity index is 0.805. The monoisotopic (exact) mass is 928 g/mol. The smallest absolute Gasteiger partial charge is 0.255 e. The molecule has 2 aliphatic carbocycles. The zero-order valence-electron chi connectivity index (χ0n) is 35.9. The molecule has 12 nitrogen and oxygen atoms in total. The first-order chi connectivity index (χ1) is 31.9. The molecular formula is C51H47Cl2FN6O6. The summed E-state index contributed by atoms with van der Waals surface area (Å²) in [5.41, 5.74) is 2.04. The SMILES string of the molecule is O=C1CCC(N2Cc3c(C#CC4CCC(NC(=O)c5ccc(NC(=O)[C@@H]6NC7(CCCCC7)[C@@]7(C(=O)Nc8cc(Cl)ccc87)[C@H]6c6cccc(Cl)c6F)cc5)CC4)cccc3C2=O)C(=O)N1. The highest BCUT2D eigenvalue weighted by molar-refractivity contribution is 6.31. The fourth-order valence-corrected chi connectivity index (χ4v) is 12.0. The fraction of sp³-hybridized carbons (Fsp3) is 0.373. The maximum Gasteiger partial charge on any atom is 0.255 e. The molecule has 0 bridgehead atoms. The minimum atomic E-state index is -1.36. The van der Waals surface area contributed by atoms with E-state index in [4.69, 9.17) is 23.2 Å². The predicted octanol–water partition coefficient (Wildman–Crippen LogP) is 7.52. The van der Waals surface area contributed by atoms with E-state index in [0.29, 0.717) is 52.4 Å². The van der Waals surface area contributed by atoms with Gasteiger partial charge < -0.3 is 20.9 Å². The lowest BCUT2D eigenvalue weighted by molar-refractivity contribution is -0.137. The molecule has 5 N–H and O–H groups in total. The van der Waals surface area contributed by atoms with Crippen molar-refractivity contribution in [1.82, 2.24) is 20.9 Å². The fourth-order valence-electron chi connectivity index (χ4n) is 11.7. The Hall–Kier alpha value is -6.07. The Morgan fingerprint density at radius 1 is 0.848 bits per heavy atom. The molecule has 4 aliphatic heterocycles. The summed E-state index contributed by atoms with van der Waals surface area (Å²) in [5.74, 6) is 3.10. The number of amides is 6. The van der Waals surface area contributed by atoms with Crippen LogP contribution in [0.5, 0.6) is 0 Å². The van der Waals surface area contributed by atoms with Gasteiger partial charge in [-0.2, -0.15) is 0 Å². The molecule has 4 atom stereocenters. The van der Waals surface area contributed by atoms with Crippen LogP contribution in [0, 0.1) is 23.6 Å². The number of benzene rings is 4. The van der Waals surface area contributed by atoms with Gasteiger partial charge in [-0.05, 0) is 116 Å². The summed E-state index contributed by atoms with van der Waals surface area (Å²) in [6, 6.07) is 20.2. The number of rotatable bonds is 6. The number of piperidine rings is 1. The van der Waals surface area contributed by atoms with Crippen molar-refractivity contribution >= 4 is 70.0 Å². The van der Waals surface area contributed by atoms with Crippen molar-refractivity contribution in [2.75, 3.05) is 10.6 Å². The number of hydrogen-bond acceptors (Lipinski definition) is 7. The molecule has 4 aromatic rings. The van der Waals surface area contributed by atoms with Crippen LogP contribution >= 0.6 is 23.2 Å². The Morgan fingerprint density at radius 3 is 2.36 bits per heavy atom. The molecule has 0 aromatic heterocycles. The number of halogens is 3. The topological polar surface area (TPSA) is 166 Å². The number of hydrogen-bond donors (Lipinski definition) is 5. The summed E-state index contributed by atoms with van der Waals surface area (Å²) in [7, 11) is 0. The summed E-state index contributed by atoms with van der Waals surface area (Å²) in [6.45, 7) is 0.258. The second kappa shape index (κ2) is 17.3. The van der Waals surface area contributed by atoms with E-state index in [-0.39, 0.29) is 59.1 Å². The van der Waals surface area contributed by atoms with Gasteiger partial charge in [-0.3, -0.25) is 39.4 Å². The zero-order valence-corrected chi connectivity index (χ0v) is 37.4. The van der Waals surface area contributed by atoms with E-state index in [1.54, 1.807) is 60.7 Å². The lowest BCUT2D eigenvalue weighted by atomic mass is 9.55. The average Bonchev–Trinajstić information content (AvgIpc) is 3.91. The first-order valence-electron chi connectivity index (χ1n) is 22.7. The van der Waals surface area contributed by atoms with Crippen molar-refractivity contribution in [3.05, 3.63) is 128 Å². The van der Waals surface area contributed by atoms with Gasteiger partial charge in [0.1, 0.15) is 17.3 Å². The van der Waals surface area contributed by atoms with Gasteiger partial charge in [-0.25, -0.2) is 4.39 Å². The predicted molar refractivity (Wildman–Crippen MR) is 246 cm³/mol. The molecule has 2 saturated carbocycles. The molecule has 10 rings (SSSR count). The van der Waals surface area contributed by atoms with Crippen molar-refractivity contribution in [3.8, 4) is 11.8 Å². The second-order valence-electron chi connectivity index (χ2n) is 18.4. The van der Waals surface area contributed by atoms with Gasteiger partial charge in [-0.15, -0.1) is 0 Å². The van der Waals surface area contributed by atoms with Crippen LogP contribution in [0.4, 0.5) is 15.8 Å². The van der Waals surface area contributed by atoms with Crippen molar-refractivity contribution in [3.63, 3.8) is 0 Å². The normalized spacial score (nSPS) is 26.3. The van der Waals surface area contributed by atoms with Gasteiger partial charge >= 0.3 is 0 Å². The molecule has 1 unspecified atom stereocenters. The van der Waals surface area contributed by atoms with Gasteiger partial charge in [0, 0.05) is 69.5 Å². The van der Waals surface area contributed by atoms with E-state index in [9.17, 15) is 28.8 Å². The van der Waals surface area contributed by atoms with Gasteiger partial charge in [0.2, 0.25) is 23.6 Å². The molecule has 0 radical (unpaired) electrons. The van der Waals surface area contributed by atoms with Crippen LogP contribution in [-0.4, -0.2) is 64.0 Å². The van der Waals surface area contributed by atoms with Crippen LogP contribution in [0.25, 0.3) is 0 Å². The first-order valence-corrected chi connectivity index (χ1v) is 23.5. The summed E-state index contributed by atoms with van der Waals surface area (Å²) < 4.78 is 16.3. The van der Waals surface area contributed by atoms with E-state index in [1.807, 2.05) is 12.1 Å². The molecular weight excluding hydrogens is 883 g/mol. The summed E-state index contributed by atoms with van der Waals surface area (Å²) in [6.07, 6.45) is 7.29. The molecule has 2 saturated heterocycles. The Bertz CT molecular complexity index is 2780. The highest BCUT2D eigenvalue weighted by atomic mass is 35.5. The number of carbonyl (C=O) groups is 6. The van der Waals surface area contributed by atoms with Crippen LogP contribution in [-0.2, 0) is 31.1 Å². The Morgan fingerprint density at radius 2 is 1.61 bits per heavy atom. The summed E-state index contributed by atoms with van der Waals surface area (Å²) >= 11 is 12.8. The average molecular weight is 930 g/mol. The number of nitrogens with zero attached hydrogens (tertiary/aromatic N) is 1. The third-order valence-corrected chi connectivity index (χ3v) is 15.3. The lowest BCUT2D eigenvalue weighted by Gasteiger charge is -2.47. The van der Waals surface area contributed by atoms with Crippen LogP contribution in [0.1, 0.15) is 120 Å². The van der Waals surface area contributed by atoms with Crippen LogP contribution < -0.4 is 26.6 Å². The third kappa shape index (κ3) is 7.43. The molecule has 15 heteroatoms. The molecule has 4 aromatic carbocycles. The standard InChI is InChI=1S/C51H47Cl2FN6O6/c52-31-16-21-37-39(26-31)57-49(66)51(37)42(35-8-5-9-38(53)43(35)54)44(59-50(51)24-2-1-3-25-50)47(64)56-33-19-14-30(15-20-33)45(62)55-32-17-11-28(12-18-32)10-13-29-6-4-7-34-36(29)27-60(48(34)65)40-22-23-41(61)58-46(40)63/h4-9,14-16,19-21,26,28,32,40,42,44,59H,1-3,11-12,17-18,22-25,27H2,(H,55,62)(H,56,64)(H,57,66)(H,58,61,63)/t28?,32?,40?,42-,44+,51+/m0/s1. The zero-order chi connectivity index (χ0) is 45.9. The minimum absolute atomic E-state index is 0.0544. The van der Waals surface area contributed by atoms with E-state index in [2.05, 4.69) is 38.4 Å². The third-order valence-electron chi connectivity index (χ3n) is 14.8.